The molecule has 54 valence electrons. The summed E-state index contributed by atoms with van der Waals surface area (Å²) in [6, 6.07) is 0. The zero-order valence-electron chi connectivity index (χ0n) is 5.63. The molecule has 0 spiro atoms. The minimum atomic E-state index is 0.116. The summed E-state index contributed by atoms with van der Waals surface area (Å²) in [5.74, 6) is 0.116. The van der Waals surface area contributed by atoms with Crippen LogP contribution in [0, 0.1) is 0 Å². The fraction of sp³-hybridized carbons (Fsp3) is 0.333. The van der Waals surface area contributed by atoms with Gasteiger partial charge >= 0.3 is 0 Å². The molecule has 0 fully saturated rings. The van der Waals surface area contributed by atoms with E-state index in [0.717, 1.165) is 5.69 Å². The SMILES string of the molecule is CC(=O)Cc1csc(N)n1. The maximum atomic E-state index is 10.5. The van der Waals surface area contributed by atoms with Crippen LogP contribution < -0.4 is 5.73 Å². The van der Waals surface area contributed by atoms with Gasteiger partial charge in [0.25, 0.3) is 0 Å². The maximum Gasteiger partial charge on any atom is 0.180 e. The molecule has 0 unspecified atom stereocenters. The first kappa shape index (κ1) is 7.21. The molecular formula is C6H8N2OS. The van der Waals surface area contributed by atoms with Crippen molar-refractivity contribution in [2.75, 3.05) is 5.73 Å². The van der Waals surface area contributed by atoms with Gasteiger partial charge in [-0.15, -0.1) is 11.3 Å². The molecule has 0 aliphatic carbocycles. The van der Waals surface area contributed by atoms with Crippen LogP contribution in [0.25, 0.3) is 0 Å². The first-order valence-corrected chi connectivity index (χ1v) is 3.76. The molecule has 0 bridgehead atoms. The van der Waals surface area contributed by atoms with E-state index in [1.165, 1.54) is 18.3 Å². The summed E-state index contributed by atoms with van der Waals surface area (Å²) in [7, 11) is 0. The molecule has 4 heteroatoms. The van der Waals surface area contributed by atoms with Gasteiger partial charge in [0.05, 0.1) is 5.69 Å². The molecular weight excluding hydrogens is 148 g/mol. The Morgan fingerprint density at radius 1 is 1.90 bits per heavy atom. The molecule has 1 aromatic rings. The summed E-state index contributed by atoms with van der Waals surface area (Å²) in [6.45, 7) is 1.54. The number of hydrogen-bond donors (Lipinski definition) is 1. The maximum absolute atomic E-state index is 10.5. The Hall–Kier alpha value is -0.900. The Bertz CT molecular complexity index is 244. The molecule has 10 heavy (non-hydrogen) atoms. The number of ketones is 1. The van der Waals surface area contributed by atoms with Crippen LogP contribution in [0.5, 0.6) is 0 Å². The van der Waals surface area contributed by atoms with E-state index in [1.54, 1.807) is 5.38 Å². The first-order valence-electron chi connectivity index (χ1n) is 2.88. The topological polar surface area (TPSA) is 56.0 Å². The van der Waals surface area contributed by atoms with Crippen LogP contribution in [-0.4, -0.2) is 10.8 Å². The number of hydrogen-bond acceptors (Lipinski definition) is 4. The lowest BCUT2D eigenvalue weighted by Crippen LogP contribution is -1.96. The van der Waals surface area contributed by atoms with Crippen LogP contribution in [0.4, 0.5) is 5.13 Å². The number of aromatic nitrogens is 1. The molecule has 0 aliphatic rings. The Morgan fingerprint density at radius 3 is 3.00 bits per heavy atom. The van der Waals surface area contributed by atoms with E-state index in [2.05, 4.69) is 4.98 Å². The summed E-state index contributed by atoms with van der Waals surface area (Å²) < 4.78 is 0. The van der Waals surface area contributed by atoms with Gasteiger partial charge in [-0.3, -0.25) is 4.79 Å². The van der Waals surface area contributed by atoms with Gasteiger partial charge in [0.2, 0.25) is 0 Å². The van der Waals surface area contributed by atoms with Crippen molar-refractivity contribution in [3.05, 3.63) is 11.1 Å². The Labute approximate surface area is 62.9 Å². The van der Waals surface area contributed by atoms with E-state index in [1.807, 2.05) is 0 Å². The van der Waals surface area contributed by atoms with E-state index in [0.29, 0.717) is 11.6 Å². The van der Waals surface area contributed by atoms with Crippen LogP contribution in [0.15, 0.2) is 5.38 Å². The lowest BCUT2D eigenvalue weighted by Gasteiger charge is -1.86. The van der Waals surface area contributed by atoms with Crippen molar-refractivity contribution >= 4 is 22.3 Å². The minimum absolute atomic E-state index is 0.116. The number of carbonyl (C=O) groups is 1. The summed E-state index contributed by atoms with van der Waals surface area (Å²) in [4.78, 5) is 14.5. The van der Waals surface area contributed by atoms with Crippen LogP contribution in [0.2, 0.25) is 0 Å². The summed E-state index contributed by atoms with van der Waals surface area (Å²) in [6.07, 6.45) is 0.397. The third-order valence-corrected chi connectivity index (χ3v) is 1.72. The third kappa shape index (κ3) is 1.80. The second kappa shape index (κ2) is 2.79. The molecule has 0 radical (unpaired) electrons. The van der Waals surface area contributed by atoms with Crippen molar-refractivity contribution in [3.8, 4) is 0 Å². The molecule has 0 aromatic carbocycles. The quantitative estimate of drug-likeness (QED) is 0.690. The molecule has 1 rings (SSSR count). The van der Waals surface area contributed by atoms with Gasteiger partial charge in [-0.2, -0.15) is 0 Å². The van der Waals surface area contributed by atoms with Gasteiger partial charge in [0.1, 0.15) is 5.78 Å². The lowest BCUT2D eigenvalue weighted by molar-refractivity contribution is -0.116. The largest absolute Gasteiger partial charge is 0.375 e. The number of anilines is 1. The lowest BCUT2D eigenvalue weighted by atomic mass is 10.3. The van der Waals surface area contributed by atoms with E-state index in [9.17, 15) is 4.79 Å². The summed E-state index contributed by atoms with van der Waals surface area (Å²) in [5, 5.41) is 2.33. The van der Waals surface area contributed by atoms with Gasteiger partial charge in [-0.05, 0) is 6.92 Å². The average molecular weight is 156 g/mol. The molecule has 1 heterocycles. The highest BCUT2D eigenvalue weighted by atomic mass is 32.1. The van der Waals surface area contributed by atoms with Crippen molar-refractivity contribution in [1.29, 1.82) is 0 Å². The van der Waals surface area contributed by atoms with Crippen molar-refractivity contribution in [2.45, 2.75) is 13.3 Å². The molecule has 0 atom stereocenters. The smallest absolute Gasteiger partial charge is 0.180 e. The molecule has 0 saturated carbocycles. The van der Waals surface area contributed by atoms with Crippen molar-refractivity contribution in [3.63, 3.8) is 0 Å². The Balaban J connectivity index is 2.67. The second-order valence-electron chi connectivity index (χ2n) is 2.06. The zero-order valence-corrected chi connectivity index (χ0v) is 6.44. The first-order chi connectivity index (χ1) is 4.68. The molecule has 0 saturated heterocycles. The molecule has 3 nitrogen and oxygen atoms in total. The summed E-state index contributed by atoms with van der Waals surface area (Å²) >= 11 is 1.36. The van der Waals surface area contributed by atoms with Crippen LogP contribution in [-0.2, 0) is 11.2 Å². The number of rotatable bonds is 2. The summed E-state index contributed by atoms with van der Waals surface area (Å²) in [5.41, 5.74) is 6.12. The number of nitrogens with zero attached hydrogens (tertiary/aromatic N) is 1. The number of thiazole rings is 1. The standard InChI is InChI=1S/C6H8N2OS/c1-4(9)2-5-3-10-6(7)8-5/h3H,2H2,1H3,(H2,7,8). The van der Waals surface area contributed by atoms with Crippen LogP contribution in [0.1, 0.15) is 12.6 Å². The van der Waals surface area contributed by atoms with Gasteiger partial charge < -0.3 is 5.73 Å². The minimum Gasteiger partial charge on any atom is -0.375 e. The van der Waals surface area contributed by atoms with E-state index >= 15 is 0 Å². The fourth-order valence-electron chi connectivity index (χ4n) is 0.659. The predicted molar refractivity (Wildman–Crippen MR) is 40.9 cm³/mol. The average Bonchev–Trinajstić information content (AvgIpc) is 2.13. The van der Waals surface area contributed by atoms with E-state index < -0.39 is 0 Å². The van der Waals surface area contributed by atoms with Gasteiger partial charge in [0.15, 0.2) is 5.13 Å². The monoisotopic (exact) mass is 156 g/mol. The van der Waals surface area contributed by atoms with Gasteiger partial charge in [0, 0.05) is 11.8 Å². The molecule has 2 N–H and O–H groups in total. The Kier molecular flexibility index (Phi) is 2.01. The highest BCUT2D eigenvalue weighted by molar-refractivity contribution is 7.13. The number of nitrogen functional groups attached to an aromatic ring is 1. The second-order valence-corrected chi connectivity index (χ2v) is 2.95. The van der Waals surface area contributed by atoms with Crippen LogP contribution in [0.3, 0.4) is 0 Å². The zero-order chi connectivity index (χ0) is 7.56. The molecule has 0 aliphatic heterocycles. The fourth-order valence-corrected chi connectivity index (χ4v) is 1.22. The highest BCUT2D eigenvalue weighted by Crippen LogP contribution is 2.11. The number of nitrogens with two attached hydrogens (primary N) is 1. The third-order valence-electron chi connectivity index (χ3n) is 1.000. The number of carbonyl (C=O) groups excluding carboxylic acids is 1. The van der Waals surface area contributed by atoms with Gasteiger partial charge in [-0.1, -0.05) is 0 Å². The van der Waals surface area contributed by atoms with Crippen molar-refractivity contribution in [2.24, 2.45) is 0 Å². The highest BCUT2D eigenvalue weighted by Gasteiger charge is 2.00. The van der Waals surface area contributed by atoms with Crippen molar-refractivity contribution < 1.29 is 4.79 Å². The number of Topliss-reactive ketones (excluding diaryl/α,β-unsaturated/α-hetero) is 1. The van der Waals surface area contributed by atoms with Crippen LogP contribution >= 0.6 is 11.3 Å². The predicted octanol–water partition coefficient (Wildman–Crippen LogP) is 0.857. The normalized spacial score (nSPS) is 9.70. The van der Waals surface area contributed by atoms with E-state index in [4.69, 9.17) is 5.73 Å². The van der Waals surface area contributed by atoms with Gasteiger partial charge in [-0.25, -0.2) is 4.98 Å². The Morgan fingerprint density at radius 2 is 2.60 bits per heavy atom. The molecule has 1 aromatic heterocycles. The van der Waals surface area contributed by atoms with Crippen molar-refractivity contribution in [1.82, 2.24) is 4.98 Å². The van der Waals surface area contributed by atoms with E-state index in [-0.39, 0.29) is 5.78 Å². The molecule has 0 amide bonds.